The molecule has 136 valence electrons. The Labute approximate surface area is 153 Å². The molecule has 2 aromatic rings. The van der Waals surface area contributed by atoms with Crippen LogP contribution in [-0.4, -0.2) is 24.5 Å². The van der Waals surface area contributed by atoms with Crippen molar-refractivity contribution >= 4 is 11.8 Å². The van der Waals surface area contributed by atoms with E-state index in [4.69, 9.17) is 4.74 Å². The molecule has 1 saturated carbocycles. The molecule has 2 amide bonds. The van der Waals surface area contributed by atoms with Gasteiger partial charge >= 0.3 is 0 Å². The highest BCUT2D eigenvalue weighted by Crippen LogP contribution is 2.18. The molecule has 1 aliphatic rings. The van der Waals surface area contributed by atoms with E-state index in [0.29, 0.717) is 17.9 Å². The van der Waals surface area contributed by atoms with E-state index in [-0.39, 0.29) is 24.5 Å². The van der Waals surface area contributed by atoms with Crippen molar-refractivity contribution in [3.63, 3.8) is 0 Å². The summed E-state index contributed by atoms with van der Waals surface area (Å²) in [7, 11) is 0. The predicted octanol–water partition coefficient (Wildman–Crippen LogP) is 3.05. The number of benzene rings is 2. The van der Waals surface area contributed by atoms with Gasteiger partial charge in [-0.2, -0.15) is 0 Å². The summed E-state index contributed by atoms with van der Waals surface area (Å²) >= 11 is 0. The Hall–Kier alpha value is -2.82. The Morgan fingerprint density at radius 2 is 1.77 bits per heavy atom. The summed E-state index contributed by atoms with van der Waals surface area (Å²) in [5.74, 6) is 0.226. The van der Waals surface area contributed by atoms with E-state index in [1.165, 1.54) is 12.8 Å². The Morgan fingerprint density at radius 1 is 1.00 bits per heavy atom. The smallest absolute Gasteiger partial charge is 0.258 e. The van der Waals surface area contributed by atoms with Crippen molar-refractivity contribution < 1.29 is 14.3 Å². The maximum Gasteiger partial charge on any atom is 0.258 e. The quantitative estimate of drug-likeness (QED) is 0.805. The number of hydrogen-bond donors (Lipinski definition) is 2. The van der Waals surface area contributed by atoms with E-state index in [9.17, 15) is 9.59 Å². The van der Waals surface area contributed by atoms with Crippen molar-refractivity contribution in [2.24, 2.45) is 0 Å². The second-order valence-corrected chi connectivity index (χ2v) is 6.53. The first-order chi connectivity index (χ1) is 12.7. The van der Waals surface area contributed by atoms with Crippen LogP contribution in [0.3, 0.4) is 0 Å². The van der Waals surface area contributed by atoms with Crippen LogP contribution in [0.15, 0.2) is 54.6 Å². The molecule has 2 aromatic carbocycles. The topological polar surface area (TPSA) is 67.4 Å². The fraction of sp³-hybridized carbons (Fsp3) is 0.333. The van der Waals surface area contributed by atoms with Gasteiger partial charge in [0.1, 0.15) is 5.75 Å². The number of ether oxygens (including phenoxy) is 1. The fourth-order valence-corrected chi connectivity index (χ4v) is 3.10. The Balaban J connectivity index is 1.49. The highest BCUT2D eigenvalue weighted by atomic mass is 16.5. The summed E-state index contributed by atoms with van der Waals surface area (Å²) in [6.45, 7) is 0.431. The van der Waals surface area contributed by atoms with Gasteiger partial charge in [0, 0.05) is 18.2 Å². The first kappa shape index (κ1) is 18.0. The predicted molar refractivity (Wildman–Crippen MR) is 99.9 cm³/mol. The summed E-state index contributed by atoms with van der Waals surface area (Å²) in [4.78, 5) is 24.2. The van der Waals surface area contributed by atoms with Crippen molar-refractivity contribution in [2.45, 2.75) is 38.3 Å². The van der Waals surface area contributed by atoms with Gasteiger partial charge < -0.3 is 15.4 Å². The molecule has 0 aliphatic heterocycles. The summed E-state index contributed by atoms with van der Waals surface area (Å²) < 4.78 is 5.54. The van der Waals surface area contributed by atoms with E-state index in [0.717, 1.165) is 18.4 Å². The molecule has 3 rings (SSSR count). The van der Waals surface area contributed by atoms with Crippen LogP contribution in [0.25, 0.3) is 0 Å². The number of carbonyl (C=O) groups is 2. The molecular formula is C21H24N2O3. The number of amides is 2. The van der Waals surface area contributed by atoms with Gasteiger partial charge in [-0.15, -0.1) is 0 Å². The van der Waals surface area contributed by atoms with Crippen molar-refractivity contribution in [1.29, 1.82) is 0 Å². The van der Waals surface area contributed by atoms with E-state index in [2.05, 4.69) is 10.6 Å². The minimum absolute atomic E-state index is 0.0361. The summed E-state index contributed by atoms with van der Waals surface area (Å²) in [6, 6.07) is 16.9. The second-order valence-electron chi connectivity index (χ2n) is 6.53. The standard InChI is InChI=1S/C21H24N2O3/c24-20(23-18-10-4-5-11-18)15-26-19-12-6-9-17(13-19)21(25)22-14-16-7-2-1-3-8-16/h1-3,6-9,12-13,18H,4-5,10-11,14-15H2,(H,22,25)(H,23,24). The van der Waals surface area contributed by atoms with E-state index in [1.54, 1.807) is 24.3 Å². The van der Waals surface area contributed by atoms with Crippen LogP contribution in [0.1, 0.15) is 41.6 Å². The van der Waals surface area contributed by atoms with E-state index in [1.807, 2.05) is 30.3 Å². The van der Waals surface area contributed by atoms with Gasteiger partial charge in [-0.1, -0.05) is 49.2 Å². The largest absolute Gasteiger partial charge is 0.484 e. The lowest BCUT2D eigenvalue weighted by molar-refractivity contribution is -0.123. The average Bonchev–Trinajstić information content (AvgIpc) is 3.18. The normalized spacial score (nSPS) is 14.0. The minimum Gasteiger partial charge on any atom is -0.484 e. The Bertz CT molecular complexity index is 740. The molecule has 1 fully saturated rings. The van der Waals surface area contributed by atoms with Crippen LogP contribution in [0.4, 0.5) is 0 Å². The molecule has 2 N–H and O–H groups in total. The summed E-state index contributed by atoms with van der Waals surface area (Å²) in [5.41, 5.74) is 1.55. The number of hydrogen-bond acceptors (Lipinski definition) is 3. The van der Waals surface area contributed by atoms with Gasteiger partial charge in [0.15, 0.2) is 6.61 Å². The van der Waals surface area contributed by atoms with Crippen LogP contribution in [-0.2, 0) is 11.3 Å². The van der Waals surface area contributed by atoms with Crippen molar-refractivity contribution in [1.82, 2.24) is 10.6 Å². The molecule has 0 spiro atoms. The molecule has 0 unspecified atom stereocenters. The monoisotopic (exact) mass is 352 g/mol. The highest BCUT2D eigenvalue weighted by Gasteiger charge is 2.17. The van der Waals surface area contributed by atoms with Gasteiger partial charge in [0.25, 0.3) is 11.8 Å². The molecule has 0 heterocycles. The number of nitrogens with one attached hydrogen (secondary N) is 2. The fourth-order valence-electron chi connectivity index (χ4n) is 3.10. The van der Waals surface area contributed by atoms with Gasteiger partial charge in [0.2, 0.25) is 0 Å². The summed E-state index contributed by atoms with van der Waals surface area (Å²) in [6.07, 6.45) is 4.43. The highest BCUT2D eigenvalue weighted by molar-refractivity contribution is 5.94. The first-order valence-electron chi connectivity index (χ1n) is 9.05. The van der Waals surface area contributed by atoms with Crippen LogP contribution < -0.4 is 15.4 Å². The summed E-state index contributed by atoms with van der Waals surface area (Å²) in [5, 5.41) is 5.86. The molecule has 0 bridgehead atoms. The van der Waals surface area contributed by atoms with Gasteiger partial charge in [-0.25, -0.2) is 0 Å². The first-order valence-corrected chi connectivity index (χ1v) is 9.05. The molecule has 0 radical (unpaired) electrons. The third-order valence-electron chi connectivity index (χ3n) is 4.48. The lowest BCUT2D eigenvalue weighted by Crippen LogP contribution is -2.36. The lowest BCUT2D eigenvalue weighted by atomic mass is 10.2. The van der Waals surface area contributed by atoms with Crippen LogP contribution >= 0.6 is 0 Å². The van der Waals surface area contributed by atoms with Gasteiger partial charge in [-0.3, -0.25) is 9.59 Å². The minimum atomic E-state index is -0.172. The SMILES string of the molecule is O=C(COc1cccc(C(=O)NCc2ccccc2)c1)NC1CCCC1. The molecule has 0 atom stereocenters. The Kier molecular flexibility index (Phi) is 6.25. The van der Waals surface area contributed by atoms with Crippen LogP contribution in [0.5, 0.6) is 5.75 Å². The average molecular weight is 352 g/mol. The molecule has 0 saturated heterocycles. The van der Waals surface area contributed by atoms with Crippen LogP contribution in [0.2, 0.25) is 0 Å². The van der Waals surface area contributed by atoms with Crippen molar-refractivity contribution in [3.8, 4) is 5.75 Å². The van der Waals surface area contributed by atoms with Crippen LogP contribution in [0, 0.1) is 0 Å². The molecule has 5 heteroatoms. The van der Waals surface area contributed by atoms with E-state index >= 15 is 0 Å². The third kappa shape index (κ3) is 5.34. The van der Waals surface area contributed by atoms with Gasteiger partial charge in [0.05, 0.1) is 0 Å². The number of carbonyl (C=O) groups excluding carboxylic acids is 2. The van der Waals surface area contributed by atoms with Gasteiger partial charge in [-0.05, 0) is 36.6 Å². The zero-order chi connectivity index (χ0) is 18.2. The molecule has 0 aromatic heterocycles. The zero-order valence-electron chi connectivity index (χ0n) is 14.7. The van der Waals surface area contributed by atoms with E-state index < -0.39 is 0 Å². The molecule has 26 heavy (non-hydrogen) atoms. The van der Waals surface area contributed by atoms with Crippen molar-refractivity contribution in [3.05, 3.63) is 65.7 Å². The number of rotatable bonds is 7. The molecule has 5 nitrogen and oxygen atoms in total. The second kappa shape index (κ2) is 9.04. The zero-order valence-corrected chi connectivity index (χ0v) is 14.7. The third-order valence-corrected chi connectivity index (χ3v) is 4.48. The molecule has 1 aliphatic carbocycles. The Morgan fingerprint density at radius 3 is 2.54 bits per heavy atom. The maximum absolute atomic E-state index is 12.3. The van der Waals surface area contributed by atoms with Crippen molar-refractivity contribution in [2.75, 3.05) is 6.61 Å². The lowest BCUT2D eigenvalue weighted by Gasteiger charge is -2.13. The maximum atomic E-state index is 12.3. The molecular weight excluding hydrogens is 328 g/mol.